The first-order valence-electron chi connectivity index (χ1n) is 5.52. The van der Waals surface area contributed by atoms with Crippen LogP contribution in [0.15, 0.2) is 0 Å². The topological polar surface area (TPSA) is 156 Å². The monoisotopic (exact) mass is 316 g/mol. The van der Waals surface area contributed by atoms with E-state index in [9.17, 15) is 19.2 Å². The Morgan fingerprint density at radius 3 is 0.905 bits per heavy atom. The van der Waals surface area contributed by atoms with E-state index < -0.39 is 50.1 Å². The van der Waals surface area contributed by atoms with Crippen molar-refractivity contribution in [3.8, 4) is 0 Å². The molecule has 0 heterocycles. The summed E-state index contributed by atoms with van der Waals surface area (Å²) in [5.74, 6) is -4.91. The summed E-state index contributed by atoms with van der Waals surface area (Å²) in [5, 5.41) is 34.5. The zero-order valence-electron chi connectivity index (χ0n) is 11.3. The molecule has 4 N–H and O–H groups in total. The van der Waals surface area contributed by atoms with Gasteiger partial charge >= 0.3 is 46.9 Å². The molecule has 0 aliphatic heterocycles. The maximum atomic E-state index is 10.6. The molecule has 0 saturated heterocycles. The number of rotatable bonds is 11. The predicted octanol–water partition coefficient (Wildman–Crippen LogP) is -2.45. The van der Waals surface area contributed by atoms with E-state index >= 15 is 0 Å². The largest absolute Gasteiger partial charge is 2.00 e. The van der Waals surface area contributed by atoms with Crippen LogP contribution in [0.5, 0.6) is 0 Å². The molecule has 21 heavy (non-hydrogen) atoms. The smallest absolute Gasteiger partial charge is 0.480 e. The van der Waals surface area contributed by atoms with Gasteiger partial charge in [-0.05, 0) is 0 Å². The Morgan fingerprint density at radius 1 is 0.571 bits per heavy atom. The minimum atomic E-state index is -1.23. The number of carbonyl (C=O) groups is 4. The van der Waals surface area contributed by atoms with Crippen molar-refractivity contribution in [1.29, 1.82) is 0 Å². The molecule has 0 aromatic carbocycles. The van der Waals surface area contributed by atoms with E-state index in [4.69, 9.17) is 20.4 Å². The number of hydrogen-bond donors (Lipinski definition) is 4. The van der Waals surface area contributed by atoms with Crippen LogP contribution in [0.3, 0.4) is 0 Å². The molecule has 0 aromatic rings. The first-order chi connectivity index (χ1) is 9.20. The Labute approximate surface area is 136 Å². The second-order valence-electron chi connectivity index (χ2n) is 4.00. The molecule has 0 atom stereocenters. The Morgan fingerprint density at radius 2 is 0.762 bits per heavy atom. The molecule has 0 fully saturated rings. The van der Waals surface area contributed by atoms with E-state index in [1.165, 1.54) is 0 Å². The van der Waals surface area contributed by atoms with Crippen molar-refractivity contribution in [2.24, 2.45) is 0 Å². The Balaban J connectivity index is 0. The van der Waals surface area contributed by atoms with Crippen LogP contribution in [-0.4, -0.2) is 116 Å². The molecule has 0 spiro atoms. The number of aliphatic carboxylic acids is 4. The van der Waals surface area contributed by atoms with Crippen LogP contribution in [0.1, 0.15) is 0 Å². The minimum absolute atomic E-state index is 0. The summed E-state index contributed by atoms with van der Waals surface area (Å²) >= 11 is 0. The van der Waals surface area contributed by atoms with Crippen LogP contribution in [0.2, 0.25) is 0 Å². The normalized spacial score (nSPS) is 10.2. The molecule has 0 radical (unpaired) electrons. The maximum absolute atomic E-state index is 10.6. The molecule has 0 unspecified atom stereocenters. The van der Waals surface area contributed by atoms with Gasteiger partial charge in [0.1, 0.15) is 0 Å². The average molecular weight is 317 g/mol. The second kappa shape index (κ2) is 11.3. The summed E-state index contributed by atoms with van der Waals surface area (Å²) in [6.07, 6.45) is 0. The third-order valence-corrected chi connectivity index (χ3v) is 2.17. The summed E-state index contributed by atoms with van der Waals surface area (Å²) in [6.45, 7) is -2.25. The molecular weight excluding hydrogens is 300 g/mol. The Bertz CT molecular complexity index is 321. The van der Waals surface area contributed by atoms with Gasteiger partial charge in [0.05, 0.1) is 26.2 Å². The number of carboxylic acid groups (broad SMARTS) is 4. The molecule has 0 rings (SSSR count). The fourth-order valence-corrected chi connectivity index (χ4v) is 1.48. The molecule has 0 amide bonds. The molecule has 10 nitrogen and oxygen atoms in total. The van der Waals surface area contributed by atoms with Crippen LogP contribution in [-0.2, 0) is 19.2 Å². The third kappa shape index (κ3) is 13.3. The van der Waals surface area contributed by atoms with Crippen molar-refractivity contribution in [2.45, 2.75) is 0 Å². The minimum Gasteiger partial charge on any atom is -0.480 e. The van der Waals surface area contributed by atoms with Crippen LogP contribution in [0, 0.1) is 0 Å². The molecule has 0 aromatic heterocycles. The van der Waals surface area contributed by atoms with Gasteiger partial charge in [0.25, 0.3) is 0 Å². The quantitative estimate of drug-likeness (QED) is 0.302. The van der Waals surface area contributed by atoms with Crippen LogP contribution >= 0.6 is 0 Å². The van der Waals surface area contributed by atoms with Crippen LogP contribution < -0.4 is 0 Å². The Kier molecular flexibility index (Phi) is 11.7. The van der Waals surface area contributed by atoms with Crippen LogP contribution in [0.25, 0.3) is 0 Å². The fraction of sp³-hybridized carbons (Fsp3) is 0.600. The van der Waals surface area contributed by atoms with E-state index in [0.29, 0.717) is 0 Å². The second-order valence-corrected chi connectivity index (χ2v) is 4.00. The third-order valence-electron chi connectivity index (χ3n) is 2.17. The van der Waals surface area contributed by atoms with E-state index in [2.05, 4.69) is 0 Å². The van der Waals surface area contributed by atoms with Gasteiger partial charge in [-0.25, -0.2) is 0 Å². The average Bonchev–Trinajstić information content (AvgIpc) is 2.22. The van der Waals surface area contributed by atoms with Crippen molar-refractivity contribution in [1.82, 2.24) is 9.80 Å². The maximum Gasteiger partial charge on any atom is 2.00 e. The first kappa shape index (κ1) is 21.9. The zero-order chi connectivity index (χ0) is 15.7. The van der Waals surface area contributed by atoms with E-state index in [1.807, 2.05) is 0 Å². The predicted molar refractivity (Wildman–Crippen MR) is 69.2 cm³/mol. The van der Waals surface area contributed by atoms with Gasteiger partial charge in [0.2, 0.25) is 0 Å². The van der Waals surface area contributed by atoms with E-state index in [-0.39, 0.29) is 36.1 Å². The van der Waals surface area contributed by atoms with Crippen molar-refractivity contribution >= 4 is 46.9 Å². The summed E-state index contributed by atoms with van der Waals surface area (Å²) in [4.78, 5) is 44.4. The fourth-order valence-electron chi connectivity index (χ4n) is 1.48. The number of hydrogen-bond acceptors (Lipinski definition) is 6. The van der Waals surface area contributed by atoms with Crippen molar-refractivity contribution < 1.29 is 39.6 Å². The summed E-state index contributed by atoms with van der Waals surface area (Å²) in [6, 6.07) is 0. The number of carboxylic acids is 4. The molecule has 0 saturated carbocycles. The van der Waals surface area contributed by atoms with Crippen molar-refractivity contribution in [3.05, 3.63) is 0 Å². The molecule has 11 heteroatoms. The number of nitrogens with zero attached hydrogens (tertiary/aromatic N) is 2. The van der Waals surface area contributed by atoms with Gasteiger partial charge in [-0.15, -0.1) is 0 Å². The van der Waals surface area contributed by atoms with Crippen molar-refractivity contribution in [2.75, 3.05) is 39.3 Å². The Hall–Kier alpha value is -1.43. The molecule has 0 aliphatic rings. The van der Waals surface area contributed by atoms with Crippen LogP contribution in [0.4, 0.5) is 0 Å². The van der Waals surface area contributed by atoms with Gasteiger partial charge in [-0.1, -0.05) is 0 Å². The standard InChI is InChI=1S/C10H16N2O8.Mg/c13-7(14)3-11(4-8(15)16)1-2-12(5-9(17)18)6-10(19)20;/h1-6H2,(H,13,14)(H,15,16)(H,17,18)(H,19,20);/q;+2. The van der Waals surface area contributed by atoms with E-state index in [0.717, 1.165) is 9.80 Å². The van der Waals surface area contributed by atoms with Gasteiger partial charge in [0.15, 0.2) is 0 Å². The van der Waals surface area contributed by atoms with Crippen molar-refractivity contribution in [3.63, 3.8) is 0 Å². The van der Waals surface area contributed by atoms with Gasteiger partial charge in [-0.3, -0.25) is 29.0 Å². The summed E-state index contributed by atoms with van der Waals surface area (Å²) < 4.78 is 0. The molecule has 0 aliphatic carbocycles. The molecular formula is C10H16MgN2O8+2. The van der Waals surface area contributed by atoms with Gasteiger partial charge < -0.3 is 20.4 Å². The summed E-state index contributed by atoms with van der Waals surface area (Å²) in [7, 11) is 0. The van der Waals surface area contributed by atoms with Gasteiger partial charge in [0, 0.05) is 13.1 Å². The summed E-state index contributed by atoms with van der Waals surface area (Å²) in [5.41, 5.74) is 0. The first-order valence-corrected chi connectivity index (χ1v) is 5.52. The van der Waals surface area contributed by atoms with Gasteiger partial charge in [-0.2, -0.15) is 0 Å². The molecule has 0 bridgehead atoms. The molecule has 114 valence electrons. The zero-order valence-corrected chi connectivity index (χ0v) is 12.7. The SMILES string of the molecule is O=C(O)CN(CCN(CC(=O)O)CC(=O)O)CC(=O)O.[Mg+2]. The van der Waals surface area contributed by atoms with E-state index in [1.54, 1.807) is 0 Å².